The van der Waals surface area contributed by atoms with E-state index in [0.29, 0.717) is 10.9 Å². The van der Waals surface area contributed by atoms with E-state index in [0.717, 1.165) is 0 Å². The summed E-state index contributed by atoms with van der Waals surface area (Å²) in [5.74, 6) is -0.0822. The first-order valence-corrected chi connectivity index (χ1v) is 4.25. The molecule has 0 aliphatic rings. The Hall–Kier alpha value is -1.42. The fourth-order valence-electron chi connectivity index (χ4n) is 1.20. The second-order valence-electron chi connectivity index (χ2n) is 2.66. The van der Waals surface area contributed by atoms with Crippen molar-refractivity contribution in [1.29, 1.82) is 0 Å². The van der Waals surface area contributed by atoms with Gasteiger partial charge in [-0.15, -0.1) is 0 Å². The molecule has 0 spiro atoms. The average molecular weight is 213 g/mol. The van der Waals surface area contributed by atoms with Crippen LogP contribution in [0.3, 0.4) is 0 Å². The Morgan fingerprint density at radius 2 is 2.14 bits per heavy atom. The van der Waals surface area contributed by atoms with Crippen molar-refractivity contribution in [3.05, 3.63) is 29.3 Å². The summed E-state index contributed by atoms with van der Waals surface area (Å²) in [6.45, 7) is 0. The molecule has 0 aliphatic heterocycles. The van der Waals surface area contributed by atoms with Gasteiger partial charge in [0.2, 0.25) is 11.2 Å². The van der Waals surface area contributed by atoms with Crippen LogP contribution in [0, 0.1) is 5.82 Å². The molecule has 5 heteroatoms. The maximum absolute atomic E-state index is 12.9. The van der Waals surface area contributed by atoms with E-state index in [1.54, 1.807) is 0 Å². The summed E-state index contributed by atoms with van der Waals surface area (Å²) in [5.41, 5.74) is 0.559. The Morgan fingerprint density at radius 1 is 1.36 bits per heavy atom. The van der Waals surface area contributed by atoms with Gasteiger partial charge in [-0.05, 0) is 29.8 Å². The Balaban J connectivity index is 2.81. The molecule has 3 nitrogen and oxygen atoms in total. The van der Waals surface area contributed by atoms with Crippen molar-refractivity contribution >= 4 is 22.5 Å². The van der Waals surface area contributed by atoms with E-state index in [-0.39, 0.29) is 17.0 Å². The van der Waals surface area contributed by atoms with Gasteiger partial charge in [0.1, 0.15) is 5.82 Å². The van der Waals surface area contributed by atoms with Crippen molar-refractivity contribution in [1.82, 2.24) is 9.97 Å². The Labute approximate surface area is 84.5 Å². The van der Waals surface area contributed by atoms with Crippen molar-refractivity contribution < 1.29 is 9.13 Å². The topological polar surface area (TPSA) is 35.0 Å². The van der Waals surface area contributed by atoms with E-state index in [4.69, 9.17) is 16.3 Å². The second-order valence-corrected chi connectivity index (χ2v) is 3.00. The number of aromatic nitrogens is 2. The molecule has 14 heavy (non-hydrogen) atoms. The summed E-state index contributed by atoms with van der Waals surface area (Å²) in [5, 5.41) is 0.595. The number of rotatable bonds is 1. The first-order valence-electron chi connectivity index (χ1n) is 3.87. The van der Waals surface area contributed by atoms with Crippen LogP contribution in [0.1, 0.15) is 0 Å². The average Bonchev–Trinajstić information content (AvgIpc) is 2.17. The SMILES string of the molecule is COc1nc(Cl)nc2ccc(F)cc12. The van der Waals surface area contributed by atoms with E-state index < -0.39 is 0 Å². The third-order valence-electron chi connectivity index (χ3n) is 1.79. The molecule has 1 heterocycles. The molecular weight excluding hydrogens is 207 g/mol. The summed E-state index contributed by atoms with van der Waals surface area (Å²) < 4.78 is 17.9. The molecule has 0 saturated heterocycles. The van der Waals surface area contributed by atoms with Crippen molar-refractivity contribution in [3.63, 3.8) is 0 Å². The molecule has 2 rings (SSSR count). The van der Waals surface area contributed by atoms with Crippen LogP contribution in [0.15, 0.2) is 18.2 Å². The van der Waals surface area contributed by atoms with Crippen LogP contribution in [0.5, 0.6) is 5.88 Å². The number of benzene rings is 1. The molecule has 1 aromatic heterocycles. The van der Waals surface area contributed by atoms with Gasteiger partial charge in [-0.25, -0.2) is 9.37 Å². The largest absolute Gasteiger partial charge is 0.480 e. The number of hydrogen-bond donors (Lipinski definition) is 0. The molecule has 0 N–H and O–H groups in total. The van der Waals surface area contributed by atoms with Crippen molar-refractivity contribution in [2.45, 2.75) is 0 Å². The summed E-state index contributed by atoms with van der Waals surface area (Å²) >= 11 is 5.65. The predicted octanol–water partition coefficient (Wildman–Crippen LogP) is 2.43. The second kappa shape index (κ2) is 3.38. The first-order chi connectivity index (χ1) is 6.70. The monoisotopic (exact) mass is 212 g/mol. The van der Waals surface area contributed by atoms with Gasteiger partial charge >= 0.3 is 0 Å². The molecule has 0 aliphatic carbocycles. The highest BCUT2D eigenvalue weighted by Gasteiger charge is 2.07. The van der Waals surface area contributed by atoms with Gasteiger partial charge in [0, 0.05) is 0 Å². The van der Waals surface area contributed by atoms with Gasteiger partial charge in [-0.3, -0.25) is 0 Å². The van der Waals surface area contributed by atoms with Crippen LogP contribution in [0.25, 0.3) is 10.9 Å². The van der Waals surface area contributed by atoms with Crippen molar-refractivity contribution in [2.75, 3.05) is 7.11 Å². The third kappa shape index (κ3) is 1.48. The molecule has 2 aromatic rings. The maximum Gasteiger partial charge on any atom is 0.226 e. The fraction of sp³-hybridized carbons (Fsp3) is 0.111. The third-order valence-corrected chi connectivity index (χ3v) is 1.96. The highest BCUT2D eigenvalue weighted by atomic mass is 35.5. The molecule has 72 valence electrons. The van der Waals surface area contributed by atoms with E-state index in [9.17, 15) is 4.39 Å². The number of fused-ring (bicyclic) bond motifs is 1. The lowest BCUT2D eigenvalue weighted by Gasteiger charge is -2.03. The van der Waals surface area contributed by atoms with Gasteiger partial charge in [-0.2, -0.15) is 4.98 Å². The molecule has 0 unspecified atom stereocenters. The number of halogens is 2. The van der Waals surface area contributed by atoms with Crippen LogP contribution in [0.4, 0.5) is 4.39 Å². The van der Waals surface area contributed by atoms with Crippen molar-refractivity contribution in [3.8, 4) is 5.88 Å². The highest BCUT2D eigenvalue weighted by molar-refractivity contribution is 6.28. The Morgan fingerprint density at radius 3 is 2.86 bits per heavy atom. The zero-order chi connectivity index (χ0) is 10.1. The molecule has 0 amide bonds. The van der Waals surface area contributed by atoms with Gasteiger partial charge in [-0.1, -0.05) is 0 Å². The van der Waals surface area contributed by atoms with Gasteiger partial charge < -0.3 is 4.74 Å². The molecule has 0 fully saturated rings. The molecule has 1 aromatic carbocycles. The minimum Gasteiger partial charge on any atom is -0.480 e. The van der Waals surface area contributed by atoms with E-state index in [1.165, 1.54) is 25.3 Å². The standard InChI is InChI=1S/C9H6ClFN2O/c1-14-8-6-4-5(11)2-3-7(6)12-9(10)13-8/h2-4H,1H3. The van der Waals surface area contributed by atoms with E-state index >= 15 is 0 Å². The van der Waals surface area contributed by atoms with Gasteiger partial charge in [0.25, 0.3) is 0 Å². The summed E-state index contributed by atoms with van der Waals surface area (Å²) in [6.07, 6.45) is 0. The van der Waals surface area contributed by atoms with Crippen LogP contribution >= 0.6 is 11.6 Å². The minimum absolute atomic E-state index is 0.0842. The van der Waals surface area contributed by atoms with Crippen LogP contribution in [0.2, 0.25) is 5.28 Å². The Kier molecular flexibility index (Phi) is 2.21. The molecule has 0 radical (unpaired) electrons. The summed E-state index contributed by atoms with van der Waals surface area (Å²) in [4.78, 5) is 7.76. The zero-order valence-corrected chi connectivity index (χ0v) is 8.05. The van der Waals surface area contributed by atoms with E-state index in [1.807, 2.05) is 0 Å². The van der Waals surface area contributed by atoms with Crippen molar-refractivity contribution in [2.24, 2.45) is 0 Å². The van der Waals surface area contributed by atoms with Crippen LogP contribution in [-0.4, -0.2) is 17.1 Å². The number of methoxy groups -OCH3 is 1. The smallest absolute Gasteiger partial charge is 0.226 e. The molecule has 0 atom stereocenters. The van der Waals surface area contributed by atoms with Crippen LogP contribution < -0.4 is 4.74 Å². The van der Waals surface area contributed by atoms with Gasteiger partial charge in [0.15, 0.2) is 0 Å². The number of ether oxygens (including phenoxy) is 1. The quantitative estimate of drug-likeness (QED) is 0.681. The lowest BCUT2D eigenvalue weighted by molar-refractivity contribution is 0.402. The molecular formula is C9H6ClFN2O. The molecule has 0 saturated carbocycles. The maximum atomic E-state index is 12.9. The molecule has 0 bridgehead atoms. The summed E-state index contributed by atoms with van der Waals surface area (Å²) in [7, 11) is 1.45. The Bertz CT molecular complexity index is 489. The lowest BCUT2D eigenvalue weighted by Crippen LogP contribution is -1.93. The van der Waals surface area contributed by atoms with Gasteiger partial charge in [0.05, 0.1) is 18.0 Å². The minimum atomic E-state index is -0.360. The number of nitrogens with zero attached hydrogens (tertiary/aromatic N) is 2. The zero-order valence-electron chi connectivity index (χ0n) is 7.29. The first kappa shape index (κ1) is 9.15. The normalized spacial score (nSPS) is 10.5. The number of hydrogen-bond acceptors (Lipinski definition) is 3. The summed E-state index contributed by atoms with van der Waals surface area (Å²) in [6, 6.07) is 4.15. The predicted molar refractivity (Wildman–Crippen MR) is 51.1 cm³/mol. The lowest BCUT2D eigenvalue weighted by atomic mass is 10.2. The van der Waals surface area contributed by atoms with Crippen LogP contribution in [-0.2, 0) is 0 Å². The highest BCUT2D eigenvalue weighted by Crippen LogP contribution is 2.24. The fourth-order valence-corrected chi connectivity index (χ4v) is 1.37. The van der Waals surface area contributed by atoms with E-state index in [2.05, 4.69) is 9.97 Å².